The molecular formula is C18H40N4. The molecule has 0 aromatic heterocycles. The highest BCUT2D eigenvalue weighted by Gasteiger charge is 1.90. The molecule has 0 aliphatic heterocycles. The van der Waals surface area contributed by atoms with Gasteiger partial charge in [0.2, 0.25) is 0 Å². The minimum atomic E-state index is 0.713. The van der Waals surface area contributed by atoms with Gasteiger partial charge in [-0.05, 0) is 19.0 Å². The smallest absolute Gasteiger partial charge is 0.0266 e. The van der Waals surface area contributed by atoms with Gasteiger partial charge in [-0.25, -0.2) is 0 Å². The molecule has 4 heteroatoms. The topological polar surface area (TPSA) is 62.1 Å². The summed E-state index contributed by atoms with van der Waals surface area (Å²) in [5.41, 5.74) is 5.40. The normalized spacial score (nSPS) is 11.4. The molecule has 22 heavy (non-hydrogen) atoms. The molecule has 132 valence electrons. The zero-order chi connectivity index (χ0) is 16.1. The third kappa shape index (κ3) is 19.4. The van der Waals surface area contributed by atoms with E-state index < -0.39 is 0 Å². The molecule has 0 amide bonds. The van der Waals surface area contributed by atoms with Gasteiger partial charge in [-0.3, -0.25) is 0 Å². The molecule has 0 radical (unpaired) electrons. The van der Waals surface area contributed by atoms with Crippen molar-refractivity contribution in [3.8, 4) is 0 Å². The Labute approximate surface area is 138 Å². The number of allylic oxidation sites excluding steroid dienone is 1. The maximum atomic E-state index is 5.40. The number of unbranched alkanes of at least 4 members (excludes halogenated alkanes) is 8. The predicted molar refractivity (Wildman–Crippen MR) is 99.2 cm³/mol. The van der Waals surface area contributed by atoms with Crippen LogP contribution in [0.3, 0.4) is 0 Å². The average molecular weight is 313 g/mol. The summed E-state index contributed by atoms with van der Waals surface area (Å²) in [5, 5.41) is 9.98. The van der Waals surface area contributed by atoms with Crippen LogP contribution in [-0.4, -0.2) is 39.3 Å². The predicted octanol–water partition coefficient (Wildman–Crippen LogP) is 2.76. The first-order valence-corrected chi connectivity index (χ1v) is 9.41. The van der Waals surface area contributed by atoms with Crippen molar-refractivity contribution in [1.82, 2.24) is 16.0 Å². The summed E-state index contributed by atoms with van der Waals surface area (Å²) in [6, 6.07) is 0. The van der Waals surface area contributed by atoms with Crippen LogP contribution in [0.25, 0.3) is 0 Å². The van der Waals surface area contributed by atoms with Crippen LogP contribution in [0.1, 0.15) is 64.7 Å². The van der Waals surface area contributed by atoms with Gasteiger partial charge >= 0.3 is 0 Å². The Morgan fingerprint density at radius 2 is 1.32 bits per heavy atom. The second kappa shape index (κ2) is 20.4. The maximum Gasteiger partial charge on any atom is 0.0266 e. The standard InChI is InChI=1S/C18H40N4/c1-2-3-4-5-6-7-8-9-10-11-13-20-15-17-22-18-16-21-14-12-19/h11,13,20-22H,2-10,12,14-19H2,1H3. The lowest BCUT2D eigenvalue weighted by Gasteiger charge is -2.05. The molecule has 0 fully saturated rings. The third-order valence-electron chi connectivity index (χ3n) is 3.71. The van der Waals surface area contributed by atoms with Crippen LogP contribution in [0.2, 0.25) is 0 Å². The van der Waals surface area contributed by atoms with E-state index in [9.17, 15) is 0 Å². The Kier molecular flexibility index (Phi) is 19.9. The molecule has 0 saturated heterocycles. The molecule has 0 unspecified atom stereocenters. The Bertz CT molecular complexity index is 197. The summed E-state index contributed by atoms with van der Waals surface area (Å²) < 4.78 is 0. The van der Waals surface area contributed by atoms with Crippen molar-refractivity contribution >= 4 is 0 Å². The van der Waals surface area contributed by atoms with Gasteiger partial charge in [0.1, 0.15) is 0 Å². The Balaban J connectivity index is 3.03. The highest BCUT2D eigenvalue weighted by molar-refractivity contribution is 4.79. The molecule has 0 saturated carbocycles. The molecule has 5 N–H and O–H groups in total. The summed E-state index contributed by atoms with van der Waals surface area (Å²) in [6.45, 7) is 7.88. The molecule has 0 atom stereocenters. The molecule has 0 aromatic rings. The van der Waals surface area contributed by atoms with Crippen molar-refractivity contribution in [2.45, 2.75) is 64.7 Å². The van der Waals surface area contributed by atoms with E-state index in [4.69, 9.17) is 5.73 Å². The summed E-state index contributed by atoms with van der Waals surface area (Å²) >= 11 is 0. The molecule has 4 nitrogen and oxygen atoms in total. The van der Waals surface area contributed by atoms with Gasteiger partial charge in [-0.1, -0.05) is 57.9 Å². The molecule has 0 aromatic carbocycles. The summed E-state index contributed by atoms with van der Waals surface area (Å²) in [4.78, 5) is 0. The van der Waals surface area contributed by atoms with Crippen LogP contribution in [0.4, 0.5) is 0 Å². The average Bonchev–Trinajstić information content (AvgIpc) is 2.54. The highest BCUT2D eigenvalue weighted by atomic mass is 15.0. The van der Waals surface area contributed by atoms with Crippen molar-refractivity contribution in [3.05, 3.63) is 12.3 Å². The van der Waals surface area contributed by atoms with E-state index in [1.807, 2.05) is 0 Å². The molecular weight excluding hydrogens is 272 g/mol. The third-order valence-corrected chi connectivity index (χ3v) is 3.71. The molecule has 0 rings (SSSR count). The highest BCUT2D eigenvalue weighted by Crippen LogP contribution is 2.09. The van der Waals surface area contributed by atoms with Crippen LogP contribution in [0.15, 0.2) is 12.3 Å². The Morgan fingerprint density at radius 1 is 0.727 bits per heavy atom. The van der Waals surface area contributed by atoms with Crippen LogP contribution >= 0.6 is 0 Å². The minimum Gasteiger partial charge on any atom is -0.390 e. The SMILES string of the molecule is CCCCCCCCCCC=CNCCNCCNCCN. The monoisotopic (exact) mass is 312 g/mol. The molecule has 0 heterocycles. The van der Waals surface area contributed by atoms with E-state index in [1.165, 1.54) is 57.8 Å². The van der Waals surface area contributed by atoms with Crippen molar-refractivity contribution < 1.29 is 0 Å². The minimum absolute atomic E-state index is 0.713. The van der Waals surface area contributed by atoms with E-state index in [-0.39, 0.29) is 0 Å². The van der Waals surface area contributed by atoms with E-state index in [0.717, 1.165) is 32.7 Å². The van der Waals surface area contributed by atoms with E-state index >= 15 is 0 Å². The lowest BCUT2D eigenvalue weighted by Crippen LogP contribution is -2.33. The lowest BCUT2D eigenvalue weighted by molar-refractivity contribution is 0.577. The van der Waals surface area contributed by atoms with Gasteiger partial charge in [0.15, 0.2) is 0 Å². The summed E-state index contributed by atoms with van der Waals surface area (Å²) in [7, 11) is 0. The second-order valence-corrected chi connectivity index (χ2v) is 5.91. The van der Waals surface area contributed by atoms with E-state index in [1.54, 1.807) is 0 Å². The molecule has 0 spiro atoms. The quantitative estimate of drug-likeness (QED) is 0.294. The van der Waals surface area contributed by atoms with Crippen molar-refractivity contribution in [2.75, 3.05) is 39.3 Å². The Hall–Kier alpha value is -0.580. The molecule has 0 aliphatic carbocycles. The number of rotatable bonds is 18. The van der Waals surface area contributed by atoms with Gasteiger partial charge in [0, 0.05) is 39.3 Å². The van der Waals surface area contributed by atoms with Gasteiger partial charge < -0.3 is 21.7 Å². The summed E-state index contributed by atoms with van der Waals surface area (Å²) in [5.74, 6) is 0. The van der Waals surface area contributed by atoms with Gasteiger partial charge in [0.25, 0.3) is 0 Å². The number of nitrogens with one attached hydrogen (secondary N) is 3. The zero-order valence-electron chi connectivity index (χ0n) is 14.8. The van der Waals surface area contributed by atoms with Crippen molar-refractivity contribution in [2.24, 2.45) is 5.73 Å². The summed E-state index contributed by atoms with van der Waals surface area (Å²) in [6.07, 6.45) is 16.7. The fraction of sp³-hybridized carbons (Fsp3) is 0.889. The first-order chi connectivity index (χ1) is 10.9. The van der Waals surface area contributed by atoms with Crippen molar-refractivity contribution in [3.63, 3.8) is 0 Å². The number of hydrogen-bond acceptors (Lipinski definition) is 4. The van der Waals surface area contributed by atoms with Crippen LogP contribution in [0.5, 0.6) is 0 Å². The lowest BCUT2D eigenvalue weighted by atomic mass is 10.1. The number of nitrogens with two attached hydrogens (primary N) is 1. The fourth-order valence-electron chi connectivity index (χ4n) is 2.34. The zero-order valence-corrected chi connectivity index (χ0v) is 14.8. The van der Waals surface area contributed by atoms with Gasteiger partial charge in [-0.15, -0.1) is 0 Å². The van der Waals surface area contributed by atoms with Crippen molar-refractivity contribution in [1.29, 1.82) is 0 Å². The first kappa shape index (κ1) is 21.4. The van der Waals surface area contributed by atoms with Crippen LogP contribution in [-0.2, 0) is 0 Å². The maximum absolute atomic E-state index is 5.40. The Morgan fingerprint density at radius 3 is 2.00 bits per heavy atom. The first-order valence-electron chi connectivity index (χ1n) is 9.41. The largest absolute Gasteiger partial charge is 0.390 e. The van der Waals surface area contributed by atoms with E-state index in [2.05, 4.69) is 35.2 Å². The fourth-order valence-corrected chi connectivity index (χ4v) is 2.34. The second-order valence-electron chi connectivity index (χ2n) is 5.91. The molecule has 0 bridgehead atoms. The van der Waals surface area contributed by atoms with E-state index in [0.29, 0.717) is 6.54 Å². The van der Waals surface area contributed by atoms with Crippen LogP contribution in [0, 0.1) is 0 Å². The molecule has 0 aliphatic rings. The van der Waals surface area contributed by atoms with Gasteiger partial charge in [0.05, 0.1) is 0 Å². The van der Waals surface area contributed by atoms with Crippen LogP contribution < -0.4 is 21.7 Å². The van der Waals surface area contributed by atoms with Gasteiger partial charge in [-0.2, -0.15) is 0 Å². The number of hydrogen-bond donors (Lipinski definition) is 4.